The monoisotopic (exact) mass is 246 g/mol. The number of aliphatic hydroxyl groups excluding tert-OH is 1. The third kappa shape index (κ3) is 1.86. The van der Waals surface area contributed by atoms with E-state index in [1.165, 1.54) is 0 Å². The molecule has 2 aliphatic rings. The van der Waals surface area contributed by atoms with Gasteiger partial charge in [-0.15, -0.1) is 0 Å². The van der Waals surface area contributed by atoms with Crippen molar-refractivity contribution in [3.8, 4) is 0 Å². The Kier molecular flexibility index (Phi) is 2.56. The third-order valence-corrected chi connectivity index (χ3v) is 3.43. The number of hydrogen-bond acceptors (Lipinski definition) is 3. The highest BCUT2D eigenvalue weighted by Crippen LogP contribution is 2.25. The lowest BCUT2D eigenvalue weighted by atomic mass is 10.1. The number of fused-ring (bicyclic) bond motifs is 1. The summed E-state index contributed by atoms with van der Waals surface area (Å²) in [5.74, 6) is -0.123. The molecule has 18 heavy (non-hydrogen) atoms. The smallest absolute Gasteiger partial charge is 0.254 e. The topological polar surface area (TPSA) is 69.6 Å². The number of carbonyl (C=O) groups is 2. The molecule has 1 unspecified atom stereocenters. The van der Waals surface area contributed by atoms with Crippen LogP contribution in [-0.2, 0) is 11.2 Å². The molecule has 1 saturated heterocycles. The lowest BCUT2D eigenvalue weighted by Gasteiger charge is -2.15. The number of nitrogens with one attached hydrogen (secondary N) is 1. The Morgan fingerprint density at radius 2 is 2.28 bits per heavy atom. The number of rotatable bonds is 1. The normalized spacial score (nSPS) is 21.9. The van der Waals surface area contributed by atoms with Crippen LogP contribution in [0.5, 0.6) is 0 Å². The van der Waals surface area contributed by atoms with Crippen molar-refractivity contribution < 1.29 is 14.7 Å². The van der Waals surface area contributed by atoms with Gasteiger partial charge in [-0.1, -0.05) is 6.07 Å². The minimum Gasteiger partial charge on any atom is -0.391 e. The van der Waals surface area contributed by atoms with Gasteiger partial charge in [-0.3, -0.25) is 9.59 Å². The number of benzene rings is 1. The molecule has 2 heterocycles. The lowest BCUT2D eigenvalue weighted by molar-refractivity contribution is -0.115. The summed E-state index contributed by atoms with van der Waals surface area (Å²) in [6, 6.07) is 5.27. The predicted octanol–water partition coefficient (Wildman–Crippen LogP) is 0.388. The second-order valence-electron chi connectivity index (χ2n) is 4.79. The molecule has 0 saturated carbocycles. The summed E-state index contributed by atoms with van der Waals surface area (Å²) in [7, 11) is 0. The van der Waals surface area contributed by atoms with Gasteiger partial charge in [0, 0.05) is 24.3 Å². The van der Waals surface area contributed by atoms with Gasteiger partial charge < -0.3 is 15.3 Å². The molecule has 5 nitrogen and oxygen atoms in total. The largest absolute Gasteiger partial charge is 0.391 e. The molecule has 5 heteroatoms. The fourth-order valence-electron chi connectivity index (χ4n) is 2.46. The summed E-state index contributed by atoms with van der Waals surface area (Å²) >= 11 is 0. The second-order valence-corrected chi connectivity index (χ2v) is 4.79. The van der Waals surface area contributed by atoms with Crippen molar-refractivity contribution in [2.45, 2.75) is 18.9 Å². The van der Waals surface area contributed by atoms with Gasteiger partial charge in [0.1, 0.15) is 0 Å². The quantitative estimate of drug-likeness (QED) is 0.753. The summed E-state index contributed by atoms with van der Waals surface area (Å²) in [6.07, 6.45) is 0.600. The lowest BCUT2D eigenvalue weighted by Crippen LogP contribution is -2.29. The first-order valence-electron chi connectivity index (χ1n) is 6.03. The maximum Gasteiger partial charge on any atom is 0.254 e. The van der Waals surface area contributed by atoms with Gasteiger partial charge in [0.2, 0.25) is 5.91 Å². The van der Waals surface area contributed by atoms with Crippen LogP contribution < -0.4 is 5.32 Å². The van der Waals surface area contributed by atoms with Crippen molar-refractivity contribution in [1.82, 2.24) is 4.90 Å². The van der Waals surface area contributed by atoms with Gasteiger partial charge in [0.15, 0.2) is 0 Å². The fourth-order valence-corrected chi connectivity index (χ4v) is 2.46. The maximum absolute atomic E-state index is 12.2. The van der Waals surface area contributed by atoms with Crippen molar-refractivity contribution in [3.05, 3.63) is 29.3 Å². The van der Waals surface area contributed by atoms with Crippen LogP contribution in [0.15, 0.2) is 18.2 Å². The van der Waals surface area contributed by atoms with Crippen molar-refractivity contribution in [2.24, 2.45) is 0 Å². The van der Waals surface area contributed by atoms with Crippen LogP contribution in [-0.4, -0.2) is 41.0 Å². The number of nitrogens with zero attached hydrogens (tertiary/aromatic N) is 1. The van der Waals surface area contributed by atoms with Crippen molar-refractivity contribution in [3.63, 3.8) is 0 Å². The summed E-state index contributed by atoms with van der Waals surface area (Å²) in [5.41, 5.74) is 2.22. The number of hydrogen-bond donors (Lipinski definition) is 2. The molecular weight excluding hydrogens is 232 g/mol. The predicted molar refractivity (Wildman–Crippen MR) is 65.3 cm³/mol. The van der Waals surface area contributed by atoms with Crippen molar-refractivity contribution >= 4 is 17.5 Å². The van der Waals surface area contributed by atoms with Crippen LogP contribution >= 0.6 is 0 Å². The van der Waals surface area contributed by atoms with Gasteiger partial charge >= 0.3 is 0 Å². The number of anilines is 1. The molecule has 1 atom stereocenters. The zero-order chi connectivity index (χ0) is 12.7. The summed E-state index contributed by atoms with van der Waals surface area (Å²) < 4.78 is 0. The standard InChI is InChI=1S/C13H14N2O3/c16-10-3-4-15(7-10)13(18)9-2-1-8-6-12(17)14-11(8)5-9/h1-2,5,10,16H,3-4,6-7H2,(H,14,17). The van der Waals surface area contributed by atoms with Crippen LogP contribution in [0.2, 0.25) is 0 Å². The van der Waals surface area contributed by atoms with E-state index in [9.17, 15) is 14.7 Å². The van der Waals surface area contributed by atoms with E-state index in [1.54, 1.807) is 17.0 Å². The highest BCUT2D eigenvalue weighted by molar-refractivity contribution is 6.02. The first-order valence-corrected chi connectivity index (χ1v) is 6.03. The zero-order valence-corrected chi connectivity index (χ0v) is 9.85. The SMILES string of the molecule is O=C1Cc2ccc(C(=O)N3CCC(O)C3)cc2N1. The number of carbonyl (C=O) groups excluding carboxylic acids is 2. The molecule has 0 bridgehead atoms. The van der Waals surface area contributed by atoms with E-state index < -0.39 is 6.10 Å². The highest BCUT2D eigenvalue weighted by Gasteiger charge is 2.26. The molecule has 0 aliphatic carbocycles. The molecule has 94 valence electrons. The van der Waals surface area contributed by atoms with E-state index in [2.05, 4.69) is 5.32 Å². The van der Waals surface area contributed by atoms with Gasteiger partial charge in [-0.05, 0) is 24.1 Å². The Hall–Kier alpha value is -1.88. The Morgan fingerprint density at radius 3 is 3.00 bits per heavy atom. The Morgan fingerprint density at radius 1 is 1.44 bits per heavy atom. The number of amides is 2. The average molecular weight is 246 g/mol. The molecular formula is C13H14N2O3. The summed E-state index contributed by atoms with van der Waals surface area (Å²) in [5, 5.41) is 12.2. The Bertz CT molecular complexity index is 527. The van der Waals surface area contributed by atoms with E-state index in [0.717, 1.165) is 11.3 Å². The van der Waals surface area contributed by atoms with Crippen LogP contribution in [0.1, 0.15) is 22.3 Å². The van der Waals surface area contributed by atoms with E-state index in [4.69, 9.17) is 0 Å². The highest BCUT2D eigenvalue weighted by atomic mass is 16.3. The second kappa shape index (κ2) is 4.10. The molecule has 1 aromatic carbocycles. The number of β-amino-alcohol motifs (C(OH)–C–C–N with tert-alkyl or cyclic N) is 1. The Balaban J connectivity index is 1.83. The molecule has 0 aromatic heterocycles. The van der Waals surface area contributed by atoms with Crippen molar-refractivity contribution in [1.29, 1.82) is 0 Å². The first kappa shape index (κ1) is 11.2. The summed E-state index contributed by atoms with van der Waals surface area (Å²) in [4.78, 5) is 25.1. The molecule has 2 N–H and O–H groups in total. The van der Waals surface area contributed by atoms with Crippen molar-refractivity contribution in [2.75, 3.05) is 18.4 Å². The molecule has 2 aliphatic heterocycles. The molecule has 0 spiro atoms. The number of aliphatic hydroxyl groups is 1. The minimum atomic E-state index is -0.414. The molecule has 0 radical (unpaired) electrons. The Labute approximate surface area is 104 Å². The average Bonchev–Trinajstić information content (AvgIpc) is 2.92. The zero-order valence-electron chi connectivity index (χ0n) is 9.85. The van der Waals surface area contributed by atoms with Gasteiger partial charge in [-0.25, -0.2) is 0 Å². The van der Waals surface area contributed by atoms with Crippen LogP contribution in [0.25, 0.3) is 0 Å². The minimum absolute atomic E-state index is 0.0359. The van der Waals surface area contributed by atoms with E-state index in [0.29, 0.717) is 31.5 Å². The number of likely N-dealkylation sites (tertiary alicyclic amines) is 1. The summed E-state index contributed by atoms with van der Waals surface area (Å²) in [6.45, 7) is 0.978. The van der Waals surface area contributed by atoms with Gasteiger partial charge in [0.05, 0.1) is 12.5 Å². The van der Waals surface area contributed by atoms with E-state index >= 15 is 0 Å². The molecule has 1 fully saturated rings. The maximum atomic E-state index is 12.2. The molecule has 2 amide bonds. The molecule has 3 rings (SSSR count). The van der Waals surface area contributed by atoms with Crippen LogP contribution in [0.4, 0.5) is 5.69 Å². The third-order valence-electron chi connectivity index (χ3n) is 3.43. The van der Waals surface area contributed by atoms with Gasteiger partial charge in [-0.2, -0.15) is 0 Å². The van der Waals surface area contributed by atoms with Crippen LogP contribution in [0, 0.1) is 0 Å². The molecule has 1 aromatic rings. The first-order chi connectivity index (χ1) is 8.63. The van der Waals surface area contributed by atoms with E-state index in [1.807, 2.05) is 6.07 Å². The van der Waals surface area contributed by atoms with E-state index in [-0.39, 0.29) is 11.8 Å². The van der Waals surface area contributed by atoms with Crippen LogP contribution in [0.3, 0.4) is 0 Å². The fraction of sp³-hybridized carbons (Fsp3) is 0.385. The van der Waals surface area contributed by atoms with Gasteiger partial charge in [0.25, 0.3) is 5.91 Å².